The first-order valence-electron chi connectivity index (χ1n) is 11.5. The van der Waals surface area contributed by atoms with E-state index in [2.05, 4.69) is 27.6 Å². The molecule has 0 atom stereocenters. The molecule has 1 aliphatic carbocycles. The van der Waals surface area contributed by atoms with Crippen LogP contribution in [0.3, 0.4) is 0 Å². The fraction of sp³-hybridized carbons (Fsp3) is 0.346. The minimum Gasteiger partial charge on any atom is -0.360 e. The van der Waals surface area contributed by atoms with E-state index in [1.54, 1.807) is 18.2 Å². The van der Waals surface area contributed by atoms with Crippen LogP contribution in [0.15, 0.2) is 59.5 Å². The maximum Gasteiger partial charge on any atom is 0.257 e. The summed E-state index contributed by atoms with van der Waals surface area (Å²) >= 11 is 0. The van der Waals surface area contributed by atoms with E-state index in [0.717, 1.165) is 17.8 Å². The van der Waals surface area contributed by atoms with Crippen LogP contribution in [0.4, 0.5) is 5.69 Å². The summed E-state index contributed by atoms with van der Waals surface area (Å²) in [5.41, 5.74) is 2.06. The first-order valence-corrected chi connectivity index (χ1v) is 11.5. The van der Waals surface area contributed by atoms with Gasteiger partial charge in [0.1, 0.15) is 5.56 Å². The molecule has 1 aromatic heterocycles. The first-order chi connectivity index (χ1) is 16.0. The van der Waals surface area contributed by atoms with E-state index in [0.29, 0.717) is 16.9 Å². The van der Waals surface area contributed by atoms with E-state index >= 15 is 0 Å². The molecular weight excluding hydrogens is 416 g/mol. The Kier molecular flexibility index (Phi) is 7.19. The number of benzene rings is 2. The van der Waals surface area contributed by atoms with E-state index < -0.39 is 5.91 Å². The van der Waals surface area contributed by atoms with Gasteiger partial charge in [-0.3, -0.25) is 19.3 Å². The number of fused-ring (bicyclic) bond motifs is 1. The third-order valence-electron chi connectivity index (χ3n) is 6.35. The molecule has 7 heteroatoms. The second-order valence-electron chi connectivity index (χ2n) is 8.67. The second kappa shape index (κ2) is 10.4. The molecule has 0 spiro atoms. The molecule has 3 N–H and O–H groups in total. The number of nitrogens with zero attached hydrogens (tertiary/aromatic N) is 1. The van der Waals surface area contributed by atoms with Gasteiger partial charge in [-0.25, -0.2) is 0 Å². The van der Waals surface area contributed by atoms with Gasteiger partial charge >= 0.3 is 0 Å². The van der Waals surface area contributed by atoms with Gasteiger partial charge in [0.2, 0.25) is 11.3 Å². The fourth-order valence-corrected chi connectivity index (χ4v) is 4.49. The molecule has 1 aliphatic rings. The van der Waals surface area contributed by atoms with E-state index in [1.165, 1.54) is 38.3 Å². The van der Waals surface area contributed by atoms with Crippen molar-refractivity contribution in [1.82, 2.24) is 15.2 Å². The molecule has 2 amide bonds. The molecule has 0 saturated heterocycles. The van der Waals surface area contributed by atoms with Crippen molar-refractivity contribution < 1.29 is 9.59 Å². The molecule has 1 saturated carbocycles. The third-order valence-corrected chi connectivity index (χ3v) is 6.35. The third kappa shape index (κ3) is 5.49. The highest BCUT2D eigenvalue weighted by Crippen LogP contribution is 2.24. The lowest BCUT2D eigenvalue weighted by Gasteiger charge is -2.31. The number of pyridine rings is 1. The number of rotatable bonds is 7. The number of nitrogens with one attached hydrogen (secondary N) is 3. The maximum atomic E-state index is 12.6. The van der Waals surface area contributed by atoms with E-state index in [4.69, 9.17) is 0 Å². The Balaban J connectivity index is 1.37. The Morgan fingerprint density at radius 1 is 1.03 bits per heavy atom. The molecule has 0 radical (unpaired) electrons. The van der Waals surface area contributed by atoms with Gasteiger partial charge in [0.25, 0.3) is 5.91 Å². The number of anilines is 1. The highest BCUT2D eigenvalue weighted by atomic mass is 16.2. The van der Waals surface area contributed by atoms with Crippen LogP contribution in [-0.2, 0) is 11.3 Å². The number of aromatic nitrogens is 1. The lowest BCUT2D eigenvalue weighted by molar-refractivity contribution is -0.115. The van der Waals surface area contributed by atoms with Gasteiger partial charge in [0, 0.05) is 35.4 Å². The first kappa shape index (κ1) is 22.7. The average molecular weight is 447 g/mol. The zero-order valence-electron chi connectivity index (χ0n) is 18.9. The molecule has 1 fully saturated rings. The van der Waals surface area contributed by atoms with Crippen LogP contribution in [0.1, 0.15) is 48.0 Å². The number of H-pyrrole nitrogens is 1. The summed E-state index contributed by atoms with van der Waals surface area (Å²) in [5, 5.41) is 5.89. The number of hydrogen-bond acceptors (Lipinski definition) is 4. The van der Waals surface area contributed by atoms with Gasteiger partial charge in [-0.05, 0) is 43.7 Å². The number of carbonyl (C=O) groups is 2. The zero-order valence-corrected chi connectivity index (χ0v) is 18.9. The van der Waals surface area contributed by atoms with Crippen molar-refractivity contribution in [3.8, 4) is 0 Å². The molecule has 2 aromatic carbocycles. The topological polar surface area (TPSA) is 94.3 Å². The van der Waals surface area contributed by atoms with Crippen molar-refractivity contribution in [2.24, 2.45) is 0 Å². The van der Waals surface area contributed by atoms with Crippen LogP contribution >= 0.6 is 0 Å². The van der Waals surface area contributed by atoms with Crippen molar-refractivity contribution in [3.63, 3.8) is 0 Å². The molecule has 0 bridgehead atoms. The zero-order chi connectivity index (χ0) is 23.2. The largest absolute Gasteiger partial charge is 0.360 e. The fourth-order valence-electron chi connectivity index (χ4n) is 4.49. The van der Waals surface area contributed by atoms with Crippen LogP contribution in [0.2, 0.25) is 0 Å². The maximum absolute atomic E-state index is 12.6. The van der Waals surface area contributed by atoms with Crippen LogP contribution in [0, 0.1) is 0 Å². The van der Waals surface area contributed by atoms with Crippen molar-refractivity contribution in [3.05, 3.63) is 76.1 Å². The molecule has 0 unspecified atom stereocenters. The van der Waals surface area contributed by atoms with Gasteiger partial charge in [-0.2, -0.15) is 0 Å². The number of amides is 2. The van der Waals surface area contributed by atoms with E-state index in [1.807, 2.05) is 30.3 Å². The molecular formula is C26H30N4O3. The molecule has 33 heavy (non-hydrogen) atoms. The Hall–Kier alpha value is -3.45. The van der Waals surface area contributed by atoms with Crippen molar-refractivity contribution in [2.45, 2.75) is 44.7 Å². The SMILES string of the molecule is CN(Cc1ccccc1NC(=O)CNC(=O)c1c[nH]c2ccccc2c1=O)C1CCCCC1. The van der Waals surface area contributed by atoms with Crippen LogP contribution in [0.5, 0.6) is 0 Å². The lowest BCUT2D eigenvalue weighted by Crippen LogP contribution is -2.36. The Morgan fingerprint density at radius 3 is 2.58 bits per heavy atom. The Bertz CT molecular complexity index is 1200. The monoisotopic (exact) mass is 446 g/mol. The van der Waals surface area contributed by atoms with Crippen LogP contribution in [-0.4, -0.2) is 41.3 Å². The van der Waals surface area contributed by atoms with Crippen molar-refractivity contribution >= 4 is 28.4 Å². The number of para-hydroxylation sites is 2. The summed E-state index contributed by atoms with van der Waals surface area (Å²) in [6.07, 6.45) is 7.66. The van der Waals surface area contributed by atoms with Crippen molar-refractivity contribution in [1.29, 1.82) is 0 Å². The van der Waals surface area contributed by atoms with E-state index in [9.17, 15) is 14.4 Å². The van der Waals surface area contributed by atoms with Gasteiger partial charge in [0.15, 0.2) is 0 Å². The molecule has 7 nitrogen and oxygen atoms in total. The predicted molar refractivity (Wildman–Crippen MR) is 130 cm³/mol. The van der Waals surface area contributed by atoms with Gasteiger partial charge in [0.05, 0.1) is 6.54 Å². The highest BCUT2D eigenvalue weighted by molar-refractivity contribution is 6.00. The average Bonchev–Trinajstić information content (AvgIpc) is 2.84. The summed E-state index contributed by atoms with van der Waals surface area (Å²) < 4.78 is 0. The number of hydrogen-bond donors (Lipinski definition) is 3. The quantitative estimate of drug-likeness (QED) is 0.516. The molecule has 0 aliphatic heterocycles. The molecule has 3 aromatic rings. The summed E-state index contributed by atoms with van der Waals surface area (Å²) in [7, 11) is 2.13. The number of carbonyl (C=O) groups excluding carboxylic acids is 2. The van der Waals surface area contributed by atoms with Crippen LogP contribution in [0.25, 0.3) is 10.9 Å². The molecule has 172 valence electrons. The van der Waals surface area contributed by atoms with Crippen LogP contribution < -0.4 is 16.1 Å². The number of aromatic amines is 1. The minimum atomic E-state index is -0.581. The standard InChI is InChI=1S/C26H30N4O3/c1-30(19-10-3-2-4-11-19)17-18-9-5-7-13-22(18)29-24(31)16-28-26(33)21-15-27-23-14-8-6-12-20(23)25(21)32/h5-9,12-15,19H,2-4,10-11,16-17H2,1H3,(H,27,32)(H,28,33)(H,29,31). The highest BCUT2D eigenvalue weighted by Gasteiger charge is 2.19. The lowest BCUT2D eigenvalue weighted by atomic mass is 9.94. The Labute approximate surface area is 193 Å². The summed E-state index contributed by atoms with van der Waals surface area (Å²) in [4.78, 5) is 43.0. The normalized spacial score (nSPS) is 14.4. The van der Waals surface area contributed by atoms with Gasteiger partial charge in [-0.15, -0.1) is 0 Å². The summed E-state index contributed by atoms with van der Waals surface area (Å²) in [5.74, 6) is -0.921. The van der Waals surface area contributed by atoms with Crippen molar-refractivity contribution in [2.75, 3.05) is 18.9 Å². The predicted octanol–water partition coefficient (Wildman–Crippen LogP) is 3.66. The molecule has 1 heterocycles. The Morgan fingerprint density at radius 2 is 1.76 bits per heavy atom. The smallest absolute Gasteiger partial charge is 0.257 e. The van der Waals surface area contributed by atoms with E-state index in [-0.39, 0.29) is 23.4 Å². The summed E-state index contributed by atoms with van der Waals surface area (Å²) in [6.45, 7) is 0.526. The molecule has 4 rings (SSSR count). The second-order valence-corrected chi connectivity index (χ2v) is 8.67. The summed E-state index contributed by atoms with van der Waals surface area (Å²) in [6, 6.07) is 15.3. The van der Waals surface area contributed by atoms with Gasteiger partial charge < -0.3 is 15.6 Å². The minimum absolute atomic E-state index is 0.0176. The van der Waals surface area contributed by atoms with Gasteiger partial charge in [-0.1, -0.05) is 49.6 Å².